The Morgan fingerprint density at radius 3 is 2.51 bits per heavy atom. The molecule has 2 aromatic carbocycles. The van der Waals surface area contributed by atoms with Crippen LogP contribution in [-0.4, -0.2) is 44.5 Å². The Hall–Kier alpha value is -4.43. The maximum Gasteiger partial charge on any atom is 0.335 e. The summed E-state index contributed by atoms with van der Waals surface area (Å²) in [7, 11) is 0. The van der Waals surface area contributed by atoms with Crippen molar-refractivity contribution in [3.8, 4) is 5.75 Å². The van der Waals surface area contributed by atoms with Crippen molar-refractivity contribution in [2.45, 2.75) is 19.3 Å². The van der Waals surface area contributed by atoms with Crippen molar-refractivity contribution in [2.75, 3.05) is 13.2 Å². The van der Waals surface area contributed by atoms with Crippen LogP contribution in [0.3, 0.4) is 0 Å². The smallest absolute Gasteiger partial charge is 0.335 e. The normalized spacial score (nSPS) is 15.0. The van der Waals surface area contributed by atoms with Gasteiger partial charge in [0.2, 0.25) is 11.5 Å². The molecule has 0 radical (unpaired) electrons. The fourth-order valence-electron chi connectivity index (χ4n) is 3.54. The number of nitrogens with two attached hydrogens (primary N) is 1. The number of nitrogens with zero attached hydrogens (tertiary/aromatic N) is 3. The largest absolute Gasteiger partial charge is 0.456 e. The number of benzene rings is 2. The first-order chi connectivity index (χ1) is 18.9. The minimum atomic E-state index is -0.812. The summed E-state index contributed by atoms with van der Waals surface area (Å²) in [6.07, 6.45) is 4.56. The Bertz CT molecular complexity index is 1560. The highest BCUT2D eigenvalue weighted by Crippen LogP contribution is 2.20. The van der Waals surface area contributed by atoms with Crippen LogP contribution in [0.1, 0.15) is 5.56 Å². The summed E-state index contributed by atoms with van der Waals surface area (Å²) in [6.45, 7) is -0.759. The number of aromatic nitrogens is 3. The lowest BCUT2D eigenvalue weighted by atomic mass is 10.2. The van der Waals surface area contributed by atoms with E-state index in [9.17, 15) is 14.4 Å². The van der Waals surface area contributed by atoms with Gasteiger partial charge in [0.1, 0.15) is 18.1 Å². The summed E-state index contributed by atoms with van der Waals surface area (Å²) in [6, 6.07) is 13.5. The van der Waals surface area contributed by atoms with Crippen molar-refractivity contribution >= 4 is 23.2 Å². The number of hydrogen-bond acceptors (Lipinski definition) is 9. The van der Waals surface area contributed by atoms with E-state index < -0.39 is 30.1 Å². The summed E-state index contributed by atoms with van der Waals surface area (Å²) in [5, 5.41) is 14.8. The minimum Gasteiger partial charge on any atom is -0.456 e. The van der Waals surface area contributed by atoms with E-state index in [2.05, 4.69) is 25.4 Å². The highest BCUT2D eigenvalue weighted by Gasteiger charge is 2.13. The number of aliphatic hydroxyl groups excluding tert-OH is 1. The minimum absolute atomic E-state index is 0.00386. The molecule has 0 spiro atoms. The first-order valence-electron chi connectivity index (χ1n) is 11.7. The summed E-state index contributed by atoms with van der Waals surface area (Å²) in [5.74, 6) is 5.59. The number of nitrogens with one attached hydrogen (secondary N) is 3. The molecule has 0 saturated heterocycles. The second kappa shape index (κ2) is 12.9. The van der Waals surface area contributed by atoms with Crippen molar-refractivity contribution in [2.24, 2.45) is 10.9 Å². The van der Waals surface area contributed by atoms with Gasteiger partial charge in [0.25, 0.3) is 0 Å². The number of amides is 1. The monoisotopic (exact) mass is 555 g/mol. The van der Waals surface area contributed by atoms with Gasteiger partial charge in [-0.3, -0.25) is 19.2 Å². The van der Waals surface area contributed by atoms with Crippen LogP contribution in [0.15, 0.2) is 87.2 Å². The Kier molecular flexibility index (Phi) is 9.12. The molecule has 39 heavy (non-hydrogen) atoms. The van der Waals surface area contributed by atoms with Gasteiger partial charge in [0.15, 0.2) is 6.23 Å². The second-order valence-corrected chi connectivity index (χ2v) is 8.68. The van der Waals surface area contributed by atoms with Gasteiger partial charge in [-0.05, 0) is 54.1 Å². The van der Waals surface area contributed by atoms with Crippen molar-refractivity contribution < 1.29 is 19.5 Å². The average Bonchev–Trinajstić information content (AvgIpc) is 2.94. The topological polar surface area (TPSA) is 178 Å². The molecular formula is C25H26ClN7O6. The first kappa shape index (κ1) is 27.6. The van der Waals surface area contributed by atoms with E-state index in [1.54, 1.807) is 66.9 Å². The molecule has 1 unspecified atom stereocenters. The molecule has 0 bridgehead atoms. The van der Waals surface area contributed by atoms with Crippen LogP contribution in [-0.2, 0) is 22.7 Å². The third-order valence-corrected chi connectivity index (χ3v) is 5.70. The van der Waals surface area contributed by atoms with Crippen molar-refractivity contribution in [3.63, 3.8) is 0 Å². The van der Waals surface area contributed by atoms with Crippen LogP contribution in [0, 0.1) is 0 Å². The second-order valence-electron chi connectivity index (χ2n) is 8.25. The lowest BCUT2D eigenvalue weighted by Crippen LogP contribution is -2.51. The quantitative estimate of drug-likeness (QED) is 0.217. The predicted octanol–water partition coefficient (Wildman–Crippen LogP) is -0.0233. The zero-order chi connectivity index (χ0) is 27.8. The fourth-order valence-corrected chi connectivity index (χ4v) is 3.66. The molecule has 204 valence electrons. The summed E-state index contributed by atoms with van der Waals surface area (Å²) in [5.41, 5.74) is -0.419. The Morgan fingerprint density at radius 1 is 1.13 bits per heavy atom. The zero-order valence-corrected chi connectivity index (χ0v) is 21.3. The van der Waals surface area contributed by atoms with Crippen LogP contribution in [0.4, 0.5) is 5.69 Å². The molecule has 0 saturated carbocycles. The number of ether oxygens (including phenoxy) is 1. The highest BCUT2D eigenvalue weighted by molar-refractivity contribution is 6.30. The van der Waals surface area contributed by atoms with E-state index in [4.69, 9.17) is 27.3 Å². The van der Waals surface area contributed by atoms with Crippen LogP contribution in [0.25, 0.3) is 0 Å². The number of carbonyl (C=O) groups is 1. The highest BCUT2D eigenvalue weighted by atomic mass is 35.5. The predicted molar refractivity (Wildman–Crippen MR) is 142 cm³/mol. The van der Waals surface area contributed by atoms with Gasteiger partial charge in [-0.1, -0.05) is 23.7 Å². The van der Waals surface area contributed by atoms with Gasteiger partial charge < -0.3 is 20.5 Å². The van der Waals surface area contributed by atoms with Crippen LogP contribution < -0.4 is 38.3 Å². The SMILES string of the molecule is NOC1C=CC(Oc2ccc(/N=c3\[nH]c(=O)n(CC(=O)NCCO)c(=O)n3Cc3ccc(Cl)cc3)cc2)=CN1. The van der Waals surface area contributed by atoms with Gasteiger partial charge in [-0.15, -0.1) is 0 Å². The Morgan fingerprint density at radius 2 is 1.87 bits per heavy atom. The molecule has 14 heteroatoms. The van der Waals surface area contributed by atoms with Gasteiger partial charge >= 0.3 is 11.4 Å². The van der Waals surface area contributed by atoms with Gasteiger partial charge in [-0.2, -0.15) is 0 Å². The molecular weight excluding hydrogens is 530 g/mol. The lowest BCUT2D eigenvalue weighted by Gasteiger charge is -2.16. The molecule has 1 aliphatic rings. The lowest BCUT2D eigenvalue weighted by molar-refractivity contribution is -0.122. The molecule has 1 aromatic heterocycles. The van der Waals surface area contributed by atoms with E-state index >= 15 is 0 Å². The first-order valence-corrected chi connectivity index (χ1v) is 12.1. The van der Waals surface area contributed by atoms with Crippen LogP contribution >= 0.6 is 11.6 Å². The van der Waals surface area contributed by atoms with E-state index in [1.807, 2.05) is 0 Å². The number of rotatable bonds is 10. The summed E-state index contributed by atoms with van der Waals surface area (Å²) in [4.78, 5) is 50.0. The fraction of sp³-hybridized carbons (Fsp3) is 0.200. The Labute approximate surface area is 226 Å². The van der Waals surface area contributed by atoms with Crippen LogP contribution in [0.5, 0.6) is 5.75 Å². The van der Waals surface area contributed by atoms with Gasteiger partial charge in [-0.25, -0.2) is 25.0 Å². The number of carbonyl (C=O) groups excluding carboxylic acids is 1. The van der Waals surface area contributed by atoms with Crippen molar-refractivity contribution in [3.05, 3.63) is 110 Å². The Balaban J connectivity index is 1.66. The molecule has 4 rings (SSSR count). The molecule has 13 nitrogen and oxygen atoms in total. The van der Waals surface area contributed by atoms with E-state index in [0.717, 1.165) is 10.1 Å². The standard InChI is InChI=1S/C25H26ClN7O6/c26-17-3-1-16(2-4-17)14-32-23(31-24(36)33(25(32)37)15-21(35)28-11-12-34)30-18-5-7-19(8-6-18)38-20-9-10-22(39-27)29-13-20/h1-10,13,22,29,34H,11-12,14-15,27H2,(H,28,35)(H,30,31,36). The van der Waals surface area contributed by atoms with E-state index in [1.165, 1.54) is 4.57 Å². The third-order valence-electron chi connectivity index (χ3n) is 5.45. The molecule has 2 heterocycles. The van der Waals surface area contributed by atoms with E-state index in [-0.39, 0.29) is 25.3 Å². The molecule has 3 aromatic rings. The molecule has 1 atom stereocenters. The molecule has 0 fully saturated rings. The van der Waals surface area contributed by atoms with Crippen molar-refractivity contribution in [1.29, 1.82) is 0 Å². The van der Waals surface area contributed by atoms with Gasteiger partial charge in [0, 0.05) is 17.8 Å². The molecule has 1 aliphatic heterocycles. The van der Waals surface area contributed by atoms with Crippen LogP contribution in [0.2, 0.25) is 5.02 Å². The average molecular weight is 556 g/mol. The molecule has 0 aliphatic carbocycles. The number of H-pyrrole nitrogens is 1. The number of allylic oxidation sites excluding steroid dienone is 1. The number of halogens is 1. The number of aliphatic hydroxyl groups is 1. The third kappa shape index (κ3) is 7.33. The van der Waals surface area contributed by atoms with Crippen molar-refractivity contribution in [1.82, 2.24) is 24.8 Å². The molecule has 1 amide bonds. The summed E-state index contributed by atoms with van der Waals surface area (Å²) < 4.78 is 7.78. The number of hydrogen-bond donors (Lipinski definition) is 5. The maximum absolute atomic E-state index is 13.3. The van der Waals surface area contributed by atoms with E-state index in [0.29, 0.717) is 22.2 Å². The number of dihydropyridines is 1. The zero-order valence-electron chi connectivity index (χ0n) is 20.5. The summed E-state index contributed by atoms with van der Waals surface area (Å²) >= 11 is 5.98. The maximum atomic E-state index is 13.3. The van der Waals surface area contributed by atoms with Gasteiger partial charge in [0.05, 0.1) is 18.8 Å². The molecule has 6 N–H and O–H groups in total. The number of aromatic amines is 1.